The van der Waals surface area contributed by atoms with Gasteiger partial charge in [-0.15, -0.1) is 5.11 Å². The first-order valence-electron chi connectivity index (χ1n) is 8.37. The number of aliphatic hydroxyl groups excluding tert-OH is 1. The van der Waals surface area contributed by atoms with Gasteiger partial charge in [-0.3, -0.25) is 4.79 Å². The van der Waals surface area contributed by atoms with Crippen molar-refractivity contribution in [1.29, 1.82) is 0 Å². The Morgan fingerprint density at radius 2 is 1.27 bits per heavy atom. The number of carbonyl (C=O) groups excluding carboxylic acids is 1. The van der Waals surface area contributed by atoms with Crippen LogP contribution in [0.5, 0.6) is 0 Å². The van der Waals surface area contributed by atoms with Gasteiger partial charge in [-0.2, -0.15) is 15.3 Å². The number of carbonyl (C=O) groups is 1. The monoisotopic (exact) mass is 348 g/mol. The molecule has 0 aromatic heterocycles. The van der Waals surface area contributed by atoms with Crippen molar-refractivity contribution < 1.29 is 9.90 Å². The molecule has 6 heteroatoms. The molecule has 1 aliphatic rings. The summed E-state index contributed by atoms with van der Waals surface area (Å²) in [6, 6.07) is 16.5. The van der Waals surface area contributed by atoms with Crippen LogP contribution in [-0.4, -0.2) is 10.9 Å². The van der Waals surface area contributed by atoms with Crippen molar-refractivity contribution in [3.8, 4) is 0 Å². The largest absolute Gasteiger partial charge is 0.510 e. The smallest absolute Gasteiger partial charge is 0.187 e. The van der Waals surface area contributed by atoms with Crippen LogP contribution in [-0.2, 0) is 4.79 Å². The van der Waals surface area contributed by atoms with E-state index in [9.17, 15) is 9.90 Å². The van der Waals surface area contributed by atoms with Gasteiger partial charge in [0.15, 0.2) is 11.5 Å². The first kappa shape index (κ1) is 17.7. The summed E-state index contributed by atoms with van der Waals surface area (Å²) in [6.45, 7) is 3.88. The van der Waals surface area contributed by atoms with Gasteiger partial charge in [0, 0.05) is 12.8 Å². The first-order chi connectivity index (χ1) is 12.4. The second-order valence-corrected chi connectivity index (χ2v) is 6.99. The topological polar surface area (TPSA) is 86.7 Å². The second kappa shape index (κ2) is 7.39. The van der Waals surface area contributed by atoms with Crippen LogP contribution < -0.4 is 0 Å². The van der Waals surface area contributed by atoms with Gasteiger partial charge in [-0.05, 0) is 41.8 Å². The zero-order chi connectivity index (χ0) is 18.6. The number of azo groups is 2. The van der Waals surface area contributed by atoms with E-state index >= 15 is 0 Å². The Labute approximate surface area is 152 Å². The Hall–Kier alpha value is -3.15. The van der Waals surface area contributed by atoms with Crippen LogP contribution in [0.15, 0.2) is 86.5 Å². The van der Waals surface area contributed by atoms with Crippen molar-refractivity contribution in [1.82, 2.24) is 0 Å². The Kier molecular flexibility index (Phi) is 5.02. The van der Waals surface area contributed by atoms with Gasteiger partial charge in [0.05, 0.1) is 17.1 Å². The summed E-state index contributed by atoms with van der Waals surface area (Å²) in [7, 11) is 0. The van der Waals surface area contributed by atoms with E-state index in [-0.39, 0.29) is 22.7 Å². The number of allylic oxidation sites excluding steroid dienone is 2. The van der Waals surface area contributed by atoms with Crippen LogP contribution in [0.25, 0.3) is 0 Å². The van der Waals surface area contributed by atoms with Gasteiger partial charge in [0.25, 0.3) is 0 Å². The minimum atomic E-state index is -0.244. The Bertz CT molecular complexity index is 882. The number of benzene rings is 2. The normalized spacial score (nSPS) is 17.4. The summed E-state index contributed by atoms with van der Waals surface area (Å²) in [6.07, 6.45) is 0.774. The van der Waals surface area contributed by atoms with Crippen molar-refractivity contribution in [3.05, 3.63) is 66.1 Å². The maximum atomic E-state index is 12.1. The number of hydrogen-bond donors (Lipinski definition) is 1. The highest BCUT2D eigenvalue weighted by Gasteiger charge is 2.33. The average molecular weight is 348 g/mol. The zero-order valence-electron chi connectivity index (χ0n) is 14.8. The van der Waals surface area contributed by atoms with Gasteiger partial charge >= 0.3 is 0 Å². The fourth-order valence-electron chi connectivity index (χ4n) is 2.70. The number of hydrogen-bond acceptors (Lipinski definition) is 6. The molecule has 132 valence electrons. The van der Waals surface area contributed by atoms with Crippen molar-refractivity contribution in [2.24, 2.45) is 25.9 Å². The Morgan fingerprint density at radius 3 is 1.81 bits per heavy atom. The molecular weight excluding hydrogens is 328 g/mol. The molecule has 0 heterocycles. The van der Waals surface area contributed by atoms with Crippen LogP contribution in [0.2, 0.25) is 0 Å². The lowest BCUT2D eigenvalue weighted by molar-refractivity contribution is -0.118. The van der Waals surface area contributed by atoms with Crippen molar-refractivity contribution in [3.63, 3.8) is 0 Å². The van der Waals surface area contributed by atoms with Gasteiger partial charge in [-0.25, -0.2) is 0 Å². The van der Waals surface area contributed by atoms with Crippen LogP contribution in [0, 0.1) is 5.41 Å². The third-order valence-electron chi connectivity index (χ3n) is 3.97. The standard InChI is InChI=1S/C20H20N4O2/c1-20(2)12-17(25)19(18(26)13-20)24-23-16-10-8-15(9-11-16)22-21-14-6-4-3-5-7-14/h3-11,25H,12-13H2,1-2H3. The molecule has 0 atom stereocenters. The molecule has 0 amide bonds. The Balaban J connectivity index is 1.70. The summed E-state index contributed by atoms with van der Waals surface area (Å²) in [5.41, 5.74) is 1.84. The first-order valence-corrected chi connectivity index (χ1v) is 8.37. The maximum Gasteiger partial charge on any atom is 0.187 e. The SMILES string of the molecule is CC1(C)CC(=O)C(N=Nc2ccc(N=Nc3ccccc3)cc2)=C(O)C1. The van der Waals surface area contributed by atoms with E-state index in [4.69, 9.17) is 0 Å². The molecule has 0 radical (unpaired) electrons. The molecule has 0 unspecified atom stereocenters. The average Bonchev–Trinajstić information content (AvgIpc) is 2.60. The summed E-state index contributed by atoms with van der Waals surface area (Å²) >= 11 is 0. The van der Waals surface area contributed by atoms with Gasteiger partial charge in [0.1, 0.15) is 5.76 Å². The number of rotatable bonds is 4. The summed E-state index contributed by atoms with van der Waals surface area (Å²) in [5, 5.41) is 26.4. The zero-order valence-corrected chi connectivity index (χ0v) is 14.8. The molecule has 1 N–H and O–H groups in total. The van der Waals surface area contributed by atoms with Gasteiger partial charge in [0.2, 0.25) is 0 Å². The minimum Gasteiger partial charge on any atom is -0.510 e. The number of ketones is 1. The van der Waals surface area contributed by atoms with Crippen molar-refractivity contribution in [2.75, 3.05) is 0 Å². The molecule has 0 saturated heterocycles. The molecular formula is C20H20N4O2. The van der Waals surface area contributed by atoms with Crippen molar-refractivity contribution in [2.45, 2.75) is 26.7 Å². The van der Waals surface area contributed by atoms with E-state index in [1.165, 1.54) is 0 Å². The van der Waals surface area contributed by atoms with Crippen molar-refractivity contribution >= 4 is 22.8 Å². The van der Waals surface area contributed by atoms with Crippen LogP contribution in [0.4, 0.5) is 17.1 Å². The van der Waals surface area contributed by atoms with E-state index in [1.807, 2.05) is 44.2 Å². The van der Waals surface area contributed by atoms with Gasteiger partial charge in [-0.1, -0.05) is 32.0 Å². The quantitative estimate of drug-likeness (QED) is 0.653. The molecule has 1 aliphatic carbocycles. The molecule has 6 nitrogen and oxygen atoms in total. The van der Waals surface area contributed by atoms with E-state index in [1.54, 1.807) is 24.3 Å². The highest BCUT2D eigenvalue weighted by atomic mass is 16.3. The summed E-state index contributed by atoms with van der Waals surface area (Å²) in [5.74, 6) is -0.181. The Morgan fingerprint density at radius 1 is 0.769 bits per heavy atom. The maximum absolute atomic E-state index is 12.1. The van der Waals surface area contributed by atoms with Crippen LogP contribution >= 0.6 is 0 Å². The van der Waals surface area contributed by atoms with Crippen LogP contribution in [0.1, 0.15) is 26.7 Å². The second-order valence-electron chi connectivity index (χ2n) is 6.99. The summed E-state index contributed by atoms with van der Waals surface area (Å²) in [4.78, 5) is 12.1. The fraction of sp³-hybridized carbons (Fsp3) is 0.250. The van der Waals surface area contributed by atoms with E-state index in [0.717, 1.165) is 5.69 Å². The van der Waals surface area contributed by atoms with E-state index in [0.29, 0.717) is 24.2 Å². The summed E-state index contributed by atoms with van der Waals surface area (Å²) < 4.78 is 0. The number of Topliss-reactive ketones (excluding diaryl/α,β-unsaturated/α-hetero) is 1. The molecule has 0 fully saturated rings. The third-order valence-corrected chi connectivity index (χ3v) is 3.97. The fourth-order valence-corrected chi connectivity index (χ4v) is 2.70. The lowest BCUT2D eigenvalue weighted by Crippen LogP contribution is -2.25. The molecule has 2 aromatic carbocycles. The van der Waals surface area contributed by atoms with E-state index < -0.39 is 0 Å². The lowest BCUT2D eigenvalue weighted by atomic mass is 9.78. The van der Waals surface area contributed by atoms with Crippen LogP contribution in [0.3, 0.4) is 0 Å². The number of aliphatic hydroxyl groups is 1. The lowest BCUT2D eigenvalue weighted by Gasteiger charge is -2.27. The molecule has 3 rings (SSSR count). The molecule has 2 aromatic rings. The highest BCUT2D eigenvalue weighted by Crippen LogP contribution is 2.36. The molecule has 0 spiro atoms. The highest BCUT2D eigenvalue weighted by molar-refractivity contribution is 5.96. The van der Waals surface area contributed by atoms with E-state index in [2.05, 4.69) is 20.5 Å². The minimum absolute atomic E-state index is 0.00304. The molecule has 0 aliphatic heterocycles. The third kappa shape index (κ3) is 4.47. The predicted octanol–water partition coefficient (Wildman–Crippen LogP) is 6.34. The van der Waals surface area contributed by atoms with Gasteiger partial charge < -0.3 is 5.11 Å². The molecule has 0 bridgehead atoms. The number of nitrogens with zero attached hydrogens (tertiary/aromatic N) is 4. The molecule has 26 heavy (non-hydrogen) atoms. The predicted molar refractivity (Wildman–Crippen MR) is 99.3 cm³/mol. The molecule has 0 saturated carbocycles.